The minimum absolute atomic E-state index is 0.470. The predicted molar refractivity (Wildman–Crippen MR) is 262 cm³/mol. The molecule has 4 aromatic heterocycles. The number of hydrogen-bond donors (Lipinski definition) is 0. The van der Waals surface area contributed by atoms with Crippen LogP contribution in [-0.2, 0) is 0 Å². The average molecular weight is 796 g/mol. The van der Waals surface area contributed by atoms with E-state index in [-0.39, 0.29) is 0 Å². The molecule has 298 valence electrons. The van der Waals surface area contributed by atoms with Gasteiger partial charge in [0.25, 0.3) is 0 Å². The van der Waals surface area contributed by atoms with Crippen molar-refractivity contribution in [1.29, 1.82) is 0 Å². The minimum Gasteiger partial charge on any atom is -0.472 e. The molecule has 4 heterocycles. The summed E-state index contributed by atoms with van der Waals surface area (Å²) in [4.78, 5) is 19.6. The summed E-state index contributed by atoms with van der Waals surface area (Å²) in [5.74, 6) is 2.05. The van der Waals surface area contributed by atoms with Gasteiger partial charge in [0.05, 0.1) is 11.4 Å². The number of nitrogens with zero attached hydrogens (tertiary/aromatic N) is 5. The van der Waals surface area contributed by atoms with E-state index in [1.807, 2.05) is 126 Å². The van der Waals surface area contributed by atoms with Gasteiger partial charge < -0.3 is 13.4 Å². The maximum absolute atomic E-state index is 6.41. The third-order valence-electron chi connectivity index (χ3n) is 9.71. The zero-order valence-corrected chi connectivity index (χ0v) is 35.2. The molecule has 0 atom stereocenters. The lowest BCUT2D eigenvalue weighted by atomic mass is 9.74. The minimum atomic E-state index is 0.470. The van der Waals surface area contributed by atoms with Crippen LogP contribution in [0.15, 0.2) is 157 Å². The second-order valence-electron chi connectivity index (χ2n) is 13.7. The lowest BCUT2D eigenvalue weighted by Crippen LogP contribution is -2.24. The number of oxazole rings is 1. The highest BCUT2D eigenvalue weighted by molar-refractivity contribution is 6.53. The first-order valence-electron chi connectivity index (χ1n) is 19.8. The monoisotopic (exact) mass is 795 g/mol. The molecule has 61 heavy (non-hydrogen) atoms. The highest BCUT2D eigenvalue weighted by Crippen LogP contribution is 2.31. The van der Waals surface area contributed by atoms with Crippen LogP contribution in [0.2, 0.25) is 13.6 Å². The molecule has 0 aliphatic heterocycles. The highest BCUT2D eigenvalue weighted by Gasteiger charge is 2.21. The molecule has 0 spiro atoms. The van der Waals surface area contributed by atoms with Crippen molar-refractivity contribution in [2.75, 3.05) is 0 Å². The van der Waals surface area contributed by atoms with Crippen molar-refractivity contribution in [3.63, 3.8) is 0 Å². The third kappa shape index (κ3) is 9.22. The summed E-state index contributed by atoms with van der Waals surface area (Å²) in [6.07, 6.45) is 30.3. The van der Waals surface area contributed by atoms with E-state index in [0.29, 0.717) is 39.9 Å². The molecule has 7 nitrogen and oxygen atoms in total. The molecule has 0 saturated heterocycles. The molecular formula is C52H47B2N5O2. The molecule has 0 fully saturated rings. The Bertz CT molecular complexity index is 2980. The second kappa shape index (κ2) is 20.0. The lowest BCUT2D eigenvalue weighted by Gasteiger charge is -2.12. The van der Waals surface area contributed by atoms with Gasteiger partial charge >= 0.3 is 0 Å². The molecule has 0 aliphatic carbocycles. The molecule has 0 amide bonds. The SMILES string of the molecule is C=C/C=C\C=C(/C)c1nc(C(/C=C\C)=C/C=C)nc(-c2ccc3oc(-c4cccc(-n5c([B]C)c(/C=C\C=C)c(/C=c6/c(/C=C\C=C)c([B]C)oc6=C)c5C=C)c4)nc3c2)n1. The van der Waals surface area contributed by atoms with Gasteiger partial charge in [-0.1, -0.05) is 144 Å². The van der Waals surface area contributed by atoms with Gasteiger partial charge in [-0.25, -0.2) is 19.9 Å². The van der Waals surface area contributed by atoms with Gasteiger partial charge in [0.15, 0.2) is 37.6 Å². The van der Waals surface area contributed by atoms with Crippen LogP contribution in [0.3, 0.4) is 0 Å². The maximum atomic E-state index is 6.41. The van der Waals surface area contributed by atoms with Crippen molar-refractivity contribution in [2.24, 2.45) is 0 Å². The standard InChI is InChI=1S/C52H47B2N5O2/c1-11-17-20-24-34(7)49-56-50(36(22-14-4)23-15-5)58-51(57-49)37-29-30-46-44(32-37)55-52(61-46)38-25-21-26-39(31-38)59-45(16-6)43(40(27-18-12-2)47(59)53-9)33-42-35(8)60-48(54-10)41(42)28-19-13-3/h11-33H,1-4,6,8H2,5,7,9-10H3/b20-17-,23-15-,27-18-,28-19-,34-24+,36-22+,42-33+. The molecular weight excluding hydrogens is 748 g/mol. The van der Waals surface area contributed by atoms with E-state index in [2.05, 4.69) is 75.6 Å². The van der Waals surface area contributed by atoms with Gasteiger partial charge in [0.1, 0.15) is 10.9 Å². The largest absolute Gasteiger partial charge is 0.472 e. The van der Waals surface area contributed by atoms with Crippen molar-refractivity contribution in [3.8, 4) is 28.5 Å². The molecule has 0 bridgehead atoms. The van der Waals surface area contributed by atoms with E-state index >= 15 is 0 Å². The normalized spacial score (nSPS) is 12.7. The Morgan fingerprint density at radius 3 is 2.18 bits per heavy atom. The van der Waals surface area contributed by atoms with E-state index < -0.39 is 0 Å². The Hall–Kier alpha value is -7.51. The first-order valence-corrected chi connectivity index (χ1v) is 19.8. The molecule has 0 aliphatic rings. The van der Waals surface area contributed by atoms with Crippen LogP contribution in [-0.4, -0.2) is 39.1 Å². The molecule has 0 N–H and O–H groups in total. The fourth-order valence-corrected chi connectivity index (χ4v) is 6.92. The summed E-state index contributed by atoms with van der Waals surface area (Å²) in [7, 11) is 4.02. The Morgan fingerprint density at radius 1 is 0.738 bits per heavy atom. The fraction of sp³-hybridized carbons (Fsp3) is 0.0769. The van der Waals surface area contributed by atoms with Crippen LogP contribution in [0.5, 0.6) is 0 Å². The van der Waals surface area contributed by atoms with Crippen LogP contribution < -0.4 is 21.9 Å². The molecule has 9 heteroatoms. The zero-order chi connectivity index (χ0) is 43.5. The van der Waals surface area contributed by atoms with Crippen molar-refractivity contribution < 1.29 is 8.83 Å². The lowest BCUT2D eigenvalue weighted by molar-refractivity contribution is 0.563. The smallest absolute Gasteiger partial charge is 0.227 e. The summed E-state index contributed by atoms with van der Waals surface area (Å²) in [6, 6.07) is 13.9. The number of fused-ring (bicyclic) bond motifs is 1. The van der Waals surface area contributed by atoms with Crippen molar-refractivity contribution in [1.82, 2.24) is 24.5 Å². The van der Waals surface area contributed by atoms with Gasteiger partial charge in [-0.15, -0.1) is 0 Å². The van der Waals surface area contributed by atoms with Crippen molar-refractivity contribution in [3.05, 3.63) is 193 Å². The van der Waals surface area contributed by atoms with Gasteiger partial charge in [-0.3, -0.25) is 0 Å². The maximum Gasteiger partial charge on any atom is 0.227 e. The summed E-state index contributed by atoms with van der Waals surface area (Å²) >= 11 is 0. The fourth-order valence-electron chi connectivity index (χ4n) is 6.92. The van der Waals surface area contributed by atoms with Crippen LogP contribution in [0, 0.1) is 0 Å². The van der Waals surface area contributed by atoms with Gasteiger partial charge in [0, 0.05) is 38.7 Å². The van der Waals surface area contributed by atoms with Crippen LogP contribution >= 0.6 is 0 Å². The van der Waals surface area contributed by atoms with Crippen LogP contribution in [0.1, 0.15) is 47.9 Å². The van der Waals surface area contributed by atoms with E-state index in [0.717, 1.165) is 66.8 Å². The summed E-state index contributed by atoms with van der Waals surface area (Å²) in [5.41, 5.74) is 11.4. The Kier molecular flexibility index (Phi) is 14.1. The first-order chi connectivity index (χ1) is 29.7. The zero-order valence-electron chi connectivity index (χ0n) is 35.2. The summed E-state index contributed by atoms with van der Waals surface area (Å²) in [5, 5.41) is 0.866. The number of hydrogen-bond acceptors (Lipinski definition) is 6. The average Bonchev–Trinajstić information content (AvgIpc) is 3.94. The topological polar surface area (TPSA) is 82.8 Å². The summed E-state index contributed by atoms with van der Waals surface area (Å²) in [6.45, 7) is 31.9. The molecule has 2 aromatic carbocycles. The van der Waals surface area contributed by atoms with Gasteiger partial charge in [-0.05, 0) is 79.1 Å². The van der Waals surface area contributed by atoms with Gasteiger partial charge in [-0.2, -0.15) is 0 Å². The molecule has 0 saturated carbocycles. The predicted octanol–water partition coefficient (Wildman–Crippen LogP) is 10.1. The second-order valence-corrected chi connectivity index (χ2v) is 13.7. The van der Waals surface area contributed by atoms with Crippen molar-refractivity contribution in [2.45, 2.75) is 27.5 Å². The number of benzene rings is 2. The van der Waals surface area contributed by atoms with E-state index in [9.17, 15) is 0 Å². The highest BCUT2D eigenvalue weighted by atomic mass is 16.3. The molecule has 2 radical (unpaired) electrons. The van der Waals surface area contributed by atoms with E-state index in [1.165, 1.54) is 0 Å². The molecule has 6 aromatic rings. The van der Waals surface area contributed by atoms with Crippen LogP contribution in [0.4, 0.5) is 0 Å². The quantitative estimate of drug-likeness (QED) is 0.0676. The molecule has 6 rings (SSSR count). The van der Waals surface area contributed by atoms with Crippen LogP contribution in [0.25, 0.3) is 81.7 Å². The van der Waals surface area contributed by atoms with Crippen molar-refractivity contribution >= 4 is 78.9 Å². The summed E-state index contributed by atoms with van der Waals surface area (Å²) < 4.78 is 14.7. The Balaban J connectivity index is 1.49. The third-order valence-corrected chi connectivity index (χ3v) is 9.71. The van der Waals surface area contributed by atoms with Gasteiger partial charge in [0.2, 0.25) is 5.89 Å². The number of rotatable bonds is 17. The molecule has 0 unspecified atom stereocenters. The van der Waals surface area contributed by atoms with E-state index in [1.54, 1.807) is 24.3 Å². The number of aromatic nitrogens is 5. The Morgan fingerprint density at radius 2 is 1.49 bits per heavy atom. The Labute approximate surface area is 359 Å². The number of allylic oxidation sites excluding steroid dienone is 14. The number of furan rings is 1. The van der Waals surface area contributed by atoms with E-state index in [4.69, 9.17) is 28.8 Å². The first kappa shape index (κ1) is 43.1.